The smallest absolute Gasteiger partial charge is 0.239 e. The van der Waals surface area contributed by atoms with Gasteiger partial charge in [0.15, 0.2) is 0 Å². The lowest BCUT2D eigenvalue weighted by Crippen LogP contribution is -2.53. The number of rotatable bonds is 8. The van der Waals surface area contributed by atoms with Crippen molar-refractivity contribution in [3.63, 3.8) is 0 Å². The topological polar surface area (TPSA) is 87.5 Å². The molecule has 202 valence electrons. The summed E-state index contributed by atoms with van der Waals surface area (Å²) in [5.74, 6) is 1.46. The number of amides is 1. The molecule has 3 N–H and O–H groups in total. The molecule has 3 heterocycles. The van der Waals surface area contributed by atoms with E-state index < -0.39 is 6.04 Å². The van der Waals surface area contributed by atoms with Gasteiger partial charge < -0.3 is 20.4 Å². The SMILES string of the molecule is NC(Cc1ccc(Oc2ccnc3[nH]cc(-c4ccccc4)c23)cc1)C(=O)N1CCN(Cc2ccccc2)CC1. The normalized spacial score (nSPS) is 14.8. The van der Waals surface area contributed by atoms with Gasteiger partial charge in [0, 0.05) is 50.7 Å². The Hall–Kier alpha value is -4.46. The van der Waals surface area contributed by atoms with Gasteiger partial charge in [0.2, 0.25) is 5.91 Å². The number of fused-ring (bicyclic) bond motifs is 1. The number of carbonyl (C=O) groups is 1. The monoisotopic (exact) mass is 531 g/mol. The minimum atomic E-state index is -0.569. The number of piperazine rings is 1. The van der Waals surface area contributed by atoms with E-state index in [0.29, 0.717) is 25.3 Å². The van der Waals surface area contributed by atoms with E-state index in [-0.39, 0.29) is 5.91 Å². The fourth-order valence-electron chi connectivity index (χ4n) is 5.32. The molecule has 1 unspecified atom stereocenters. The Kier molecular flexibility index (Phi) is 7.57. The number of ether oxygens (including phenoxy) is 1. The summed E-state index contributed by atoms with van der Waals surface area (Å²) in [4.78, 5) is 25.1. The van der Waals surface area contributed by atoms with Crippen LogP contribution in [0, 0.1) is 0 Å². The Bertz CT molecular complexity index is 1560. The molecule has 0 saturated carbocycles. The average Bonchev–Trinajstić information content (AvgIpc) is 3.44. The number of nitrogens with one attached hydrogen (secondary N) is 1. The van der Waals surface area contributed by atoms with E-state index in [4.69, 9.17) is 10.5 Å². The van der Waals surface area contributed by atoms with Crippen LogP contribution in [0.4, 0.5) is 0 Å². The number of benzene rings is 3. The quantitative estimate of drug-likeness (QED) is 0.286. The Balaban J connectivity index is 1.06. The maximum atomic E-state index is 13.1. The Morgan fingerprint density at radius 2 is 1.57 bits per heavy atom. The van der Waals surface area contributed by atoms with Crippen molar-refractivity contribution >= 4 is 16.9 Å². The highest BCUT2D eigenvalue weighted by atomic mass is 16.5. The van der Waals surface area contributed by atoms with Crippen LogP contribution in [0.15, 0.2) is 103 Å². The van der Waals surface area contributed by atoms with Gasteiger partial charge in [-0.3, -0.25) is 9.69 Å². The van der Waals surface area contributed by atoms with Crippen molar-refractivity contribution in [3.05, 3.63) is 115 Å². The van der Waals surface area contributed by atoms with Gasteiger partial charge >= 0.3 is 0 Å². The lowest BCUT2D eigenvalue weighted by atomic mass is 10.0. The van der Waals surface area contributed by atoms with Crippen LogP contribution in [-0.2, 0) is 17.8 Å². The minimum absolute atomic E-state index is 0.0137. The summed E-state index contributed by atoms with van der Waals surface area (Å²) in [7, 11) is 0. The van der Waals surface area contributed by atoms with Crippen molar-refractivity contribution in [1.82, 2.24) is 19.8 Å². The highest BCUT2D eigenvalue weighted by Crippen LogP contribution is 2.36. The van der Waals surface area contributed by atoms with Crippen LogP contribution in [0.5, 0.6) is 11.5 Å². The molecule has 1 atom stereocenters. The number of nitrogens with zero attached hydrogens (tertiary/aromatic N) is 3. The molecule has 0 bridgehead atoms. The summed E-state index contributed by atoms with van der Waals surface area (Å²) in [6.45, 7) is 4.03. The van der Waals surface area contributed by atoms with Gasteiger partial charge in [-0.25, -0.2) is 4.98 Å². The van der Waals surface area contributed by atoms with Crippen LogP contribution in [0.2, 0.25) is 0 Å². The third-order valence-corrected chi connectivity index (χ3v) is 7.48. The number of aromatic nitrogens is 2. The average molecular weight is 532 g/mol. The first-order chi connectivity index (χ1) is 19.6. The summed E-state index contributed by atoms with van der Waals surface area (Å²) in [5, 5.41) is 0.939. The van der Waals surface area contributed by atoms with E-state index >= 15 is 0 Å². The molecule has 7 nitrogen and oxygen atoms in total. The molecule has 7 heteroatoms. The van der Waals surface area contributed by atoms with Gasteiger partial charge in [-0.05, 0) is 41.3 Å². The van der Waals surface area contributed by atoms with Crippen molar-refractivity contribution in [1.29, 1.82) is 0 Å². The number of pyridine rings is 1. The summed E-state index contributed by atoms with van der Waals surface area (Å²) in [6.07, 6.45) is 4.19. The van der Waals surface area contributed by atoms with Gasteiger partial charge in [0.05, 0.1) is 11.4 Å². The molecular formula is C33H33N5O2. The van der Waals surface area contributed by atoms with Crippen LogP contribution < -0.4 is 10.5 Å². The van der Waals surface area contributed by atoms with Crippen molar-refractivity contribution in [2.45, 2.75) is 19.0 Å². The van der Waals surface area contributed by atoms with Crippen LogP contribution in [0.3, 0.4) is 0 Å². The molecule has 1 amide bonds. The lowest BCUT2D eigenvalue weighted by Gasteiger charge is -2.36. The predicted molar refractivity (Wildman–Crippen MR) is 158 cm³/mol. The molecule has 3 aromatic carbocycles. The van der Waals surface area contributed by atoms with Gasteiger partial charge in [-0.15, -0.1) is 0 Å². The molecule has 1 fully saturated rings. The van der Waals surface area contributed by atoms with Crippen molar-refractivity contribution < 1.29 is 9.53 Å². The van der Waals surface area contributed by atoms with E-state index in [1.165, 1.54) is 5.56 Å². The number of aromatic amines is 1. The van der Waals surface area contributed by atoms with Crippen molar-refractivity contribution in [2.24, 2.45) is 5.73 Å². The zero-order valence-electron chi connectivity index (χ0n) is 22.4. The molecule has 5 aromatic rings. The largest absolute Gasteiger partial charge is 0.457 e. The van der Waals surface area contributed by atoms with E-state index in [2.05, 4.69) is 51.3 Å². The molecule has 0 radical (unpaired) electrons. The van der Waals surface area contributed by atoms with Crippen molar-refractivity contribution in [2.75, 3.05) is 26.2 Å². The van der Waals surface area contributed by atoms with Crippen LogP contribution in [0.1, 0.15) is 11.1 Å². The number of hydrogen-bond donors (Lipinski definition) is 2. The molecular weight excluding hydrogens is 498 g/mol. The number of hydrogen-bond acceptors (Lipinski definition) is 5. The second-order valence-corrected chi connectivity index (χ2v) is 10.2. The van der Waals surface area contributed by atoms with Crippen LogP contribution in [-0.4, -0.2) is 57.9 Å². The summed E-state index contributed by atoms with van der Waals surface area (Å²) in [6, 6.07) is 29.8. The van der Waals surface area contributed by atoms with Gasteiger partial charge in [0.1, 0.15) is 17.1 Å². The Morgan fingerprint density at radius 1 is 0.875 bits per heavy atom. The molecule has 1 saturated heterocycles. The molecule has 6 rings (SSSR count). The maximum Gasteiger partial charge on any atom is 0.239 e. The summed E-state index contributed by atoms with van der Waals surface area (Å²) in [5.41, 5.74) is 11.6. The molecule has 0 aliphatic carbocycles. The number of carbonyl (C=O) groups excluding carboxylic acids is 1. The summed E-state index contributed by atoms with van der Waals surface area (Å²) >= 11 is 0. The van der Waals surface area contributed by atoms with E-state index in [9.17, 15) is 4.79 Å². The second kappa shape index (κ2) is 11.7. The second-order valence-electron chi connectivity index (χ2n) is 10.2. The third-order valence-electron chi connectivity index (χ3n) is 7.48. The van der Waals surface area contributed by atoms with Crippen LogP contribution in [0.25, 0.3) is 22.2 Å². The first-order valence-corrected chi connectivity index (χ1v) is 13.7. The molecule has 2 aromatic heterocycles. The van der Waals surface area contributed by atoms with Gasteiger partial charge in [-0.2, -0.15) is 0 Å². The minimum Gasteiger partial charge on any atom is -0.457 e. The number of nitrogens with two attached hydrogens (primary N) is 1. The molecule has 40 heavy (non-hydrogen) atoms. The Labute approximate surface area is 234 Å². The standard InChI is InChI=1S/C33H33N5O2/c34-29(33(39)38-19-17-37(18-20-38)23-25-7-3-1-4-8-25)21-24-11-13-27(14-12-24)40-30-15-16-35-32-31(30)28(22-36-32)26-9-5-2-6-10-26/h1-16,22,29H,17-21,23,34H2,(H,35,36). The van der Waals surface area contributed by atoms with Gasteiger partial charge in [-0.1, -0.05) is 72.8 Å². The zero-order chi connectivity index (χ0) is 27.3. The third kappa shape index (κ3) is 5.76. The first-order valence-electron chi connectivity index (χ1n) is 13.7. The first kappa shape index (κ1) is 25.8. The van der Waals surface area contributed by atoms with E-state index in [1.807, 2.05) is 65.7 Å². The molecule has 1 aliphatic heterocycles. The van der Waals surface area contributed by atoms with E-state index in [0.717, 1.165) is 53.1 Å². The lowest BCUT2D eigenvalue weighted by molar-refractivity contribution is -0.134. The fraction of sp³-hybridized carbons (Fsp3) is 0.212. The molecule has 1 aliphatic rings. The fourth-order valence-corrected chi connectivity index (χ4v) is 5.32. The van der Waals surface area contributed by atoms with E-state index in [1.54, 1.807) is 6.20 Å². The highest BCUT2D eigenvalue weighted by molar-refractivity contribution is 5.98. The highest BCUT2D eigenvalue weighted by Gasteiger charge is 2.25. The maximum absolute atomic E-state index is 13.1. The van der Waals surface area contributed by atoms with Gasteiger partial charge in [0.25, 0.3) is 0 Å². The summed E-state index contributed by atoms with van der Waals surface area (Å²) < 4.78 is 6.30. The zero-order valence-corrected chi connectivity index (χ0v) is 22.4. The Morgan fingerprint density at radius 3 is 2.30 bits per heavy atom. The van der Waals surface area contributed by atoms with Crippen molar-refractivity contribution in [3.8, 4) is 22.6 Å². The predicted octanol–water partition coefficient (Wildman–Crippen LogP) is 5.24. The molecule has 0 spiro atoms. The van der Waals surface area contributed by atoms with Crippen LogP contribution >= 0.6 is 0 Å². The number of H-pyrrole nitrogens is 1.